The van der Waals surface area contributed by atoms with Gasteiger partial charge in [-0.3, -0.25) is 4.90 Å². The maximum atomic E-state index is 8.88. The summed E-state index contributed by atoms with van der Waals surface area (Å²) in [4.78, 5) is 2.62. The van der Waals surface area contributed by atoms with Crippen molar-refractivity contribution in [1.29, 1.82) is 0 Å². The molecule has 0 bridgehead atoms. The van der Waals surface area contributed by atoms with Crippen LogP contribution >= 0.6 is 0 Å². The van der Waals surface area contributed by atoms with Gasteiger partial charge in [0.1, 0.15) is 0 Å². The molecule has 0 spiro atoms. The number of hydrogen-bond acceptors (Lipinski definition) is 4. The highest BCUT2D eigenvalue weighted by molar-refractivity contribution is 5.98. The molecule has 2 atom stereocenters. The molecule has 21 heavy (non-hydrogen) atoms. The molecule has 2 fully saturated rings. The van der Waals surface area contributed by atoms with Gasteiger partial charge in [-0.15, -0.1) is 0 Å². The second kappa shape index (κ2) is 6.45. The van der Waals surface area contributed by atoms with Crippen LogP contribution < -0.4 is 11.1 Å². The molecule has 5 heteroatoms. The van der Waals surface area contributed by atoms with Crippen LogP contribution in [-0.2, 0) is 6.54 Å². The minimum atomic E-state index is 0.179. The summed E-state index contributed by atoms with van der Waals surface area (Å²) in [6.45, 7) is 3.23. The number of rotatable bonds is 4. The topological polar surface area (TPSA) is 73.9 Å². The van der Waals surface area contributed by atoms with Gasteiger partial charge in [-0.1, -0.05) is 35.8 Å². The van der Waals surface area contributed by atoms with Crippen LogP contribution in [0.5, 0.6) is 0 Å². The van der Waals surface area contributed by atoms with Gasteiger partial charge in [-0.2, -0.15) is 0 Å². The molecule has 0 radical (unpaired) electrons. The van der Waals surface area contributed by atoms with Gasteiger partial charge in [0, 0.05) is 30.7 Å². The number of benzene rings is 1. The van der Waals surface area contributed by atoms with Crippen LogP contribution in [0.4, 0.5) is 0 Å². The number of fused-ring (bicyclic) bond motifs is 1. The van der Waals surface area contributed by atoms with Gasteiger partial charge in [0.15, 0.2) is 5.84 Å². The Bertz CT molecular complexity index is 517. The molecule has 2 saturated heterocycles. The molecule has 5 nitrogen and oxygen atoms in total. The lowest BCUT2D eigenvalue weighted by molar-refractivity contribution is 0.180. The number of nitrogens with zero attached hydrogens (tertiary/aromatic N) is 2. The summed E-state index contributed by atoms with van der Waals surface area (Å²) in [6.07, 6.45) is 5.21. The first-order valence-electron chi connectivity index (χ1n) is 7.83. The highest BCUT2D eigenvalue weighted by Gasteiger charge is 2.34. The second-order valence-corrected chi connectivity index (χ2v) is 6.02. The van der Waals surface area contributed by atoms with Crippen LogP contribution in [0, 0.1) is 0 Å². The van der Waals surface area contributed by atoms with E-state index in [1.54, 1.807) is 0 Å². The second-order valence-electron chi connectivity index (χ2n) is 6.02. The lowest BCUT2D eigenvalue weighted by Crippen LogP contribution is -2.44. The summed E-state index contributed by atoms with van der Waals surface area (Å²) in [5, 5.41) is 15.7. The Balaban J connectivity index is 1.65. The van der Waals surface area contributed by atoms with Crippen molar-refractivity contribution in [3.63, 3.8) is 0 Å². The van der Waals surface area contributed by atoms with Crippen LogP contribution in [0.3, 0.4) is 0 Å². The van der Waals surface area contributed by atoms with Crippen molar-refractivity contribution in [2.45, 2.75) is 44.3 Å². The van der Waals surface area contributed by atoms with Crippen molar-refractivity contribution >= 4 is 5.84 Å². The SMILES string of the molecule is NC(=NO)c1ccccc1CNC1CCN2CCCCC12. The zero-order valence-electron chi connectivity index (χ0n) is 12.3. The number of hydrogen-bond donors (Lipinski definition) is 3. The van der Waals surface area contributed by atoms with E-state index in [-0.39, 0.29) is 5.84 Å². The van der Waals surface area contributed by atoms with Crippen LogP contribution in [0.25, 0.3) is 0 Å². The van der Waals surface area contributed by atoms with Crippen LogP contribution in [0.1, 0.15) is 36.8 Å². The van der Waals surface area contributed by atoms with Gasteiger partial charge in [-0.25, -0.2) is 0 Å². The fraction of sp³-hybridized carbons (Fsp3) is 0.562. The van der Waals surface area contributed by atoms with E-state index in [1.807, 2.05) is 24.3 Å². The Labute approximate surface area is 125 Å². The molecule has 1 aromatic carbocycles. The van der Waals surface area contributed by atoms with Crippen molar-refractivity contribution in [2.75, 3.05) is 13.1 Å². The van der Waals surface area contributed by atoms with Gasteiger partial charge < -0.3 is 16.3 Å². The molecular weight excluding hydrogens is 264 g/mol. The Morgan fingerprint density at radius 1 is 1.29 bits per heavy atom. The average molecular weight is 288 g/mol. The minimum absolute atomic E-state index is 0.179. The molecule has 3 rings (SSSR count). The number of amidine groups is 1. The molecule has 0 saturated carbocycles. The number of piperidine rings is 1. The first-order valence-corrected chi connectivity index (χ1v) is 7.83. The summed E-state index contributed by atoms with van der Waals surface area (Å²) < 4.78 is 0. The molecular formula is C16H24N4O. The van der Waals surface area contributed by atoms with E-state index in [9.17, 15) is 0 Å². The molecule has 1 aromatic rings. The lowest BCUT2D eigenvalue weighted by atomic mass is 9.98. The summed E-state index contributed by atoms with van der Waals surface area (Å²) >= 11 is 0. The third-order valence-electron chi connectivity index (χ3n) is 4.81. The van der Waals surface area contributed by atoms with E-state index >= 15 is 0 Å². The van der Waals surface area contributed by atoms with E-state index < -0.39 is 0 Å². The monoisotopic (exact) mass is 288 g/mol. The van der Waals surface area contributed by atoms with E-state index in [1.165, 1.54) is 38.8 Å². The summed E-state index contributed by atoms with van der Waals surface area (Å²) in [5.41, 5.74) is 7.65. The summed E-state index contributed by atoms with van der Waals surface area (Å²) in [6, 6.07) is 9.09. The van der Waals surface area contributed by atoms with E-state index in [4.69, 9.17) is 10.9 Å². The van der Waals surface area contributed by atoms with Crippen molar-refractivity contribution in [2.24, 2.45) is 10.9 Å². The van der Waals surface area contributed by atoms with Gasteiger partial charge in [0.25, 0.3) is 0 Å². The minimum Gasteiger partial charge on any atom is -0.409 e. The molecule has 0 aliphatic carbocycles. The predicted molar refractivity (Wildman–Crippen MR) is 83.4 cm³/mol. The Morgan fingerprint density at radius 2 is 2.14 bits per heavy atom. The number of nitrogens with two attached hydrogens (primary N) is 1. The van der Waals surface area contributed by atoms with Crippen LogP contribution in [-0.4, -0.2) is 41.1 Å². The Morgan fingerprint density at radius 3 is 3.00 bits per heavy atom. The van der Waals surface area contributed by atoms with Crippen molar-refractivity contribution in [3.8, 4) is 0 Å². The van der Waals surface area contributed by atoms with Gasteiger partial charge in [0.05, 0.1) is 0 Å². The third-order valence-corrected chi connectivity index (χ3v) is 4.81. The largest absolute Gasteiger partial charge is 0.409 e. The van der Waals surface area contributed by atoms with Crippen molar-refractivity contribution < 1.29 is 5.21 Å². The number of nitrogens with one attached hydrogen (secondary N) is 1. The van der Waals surface area contributed by atoms with E-state index in [0.717, 1.165) is 17.7 Å². The average Bonchev–Trinajstić information content (AvgIpc) is 2.96. The van der Waals surface area contributed by atoms with Gasteiger partial charge in [-0.05, 0) is 31.4 Å². The number of oxime groups is 1. The third kappa shape index (κ3) is 3.04. The standard InChI is InChI=1S/C16H24N4O/c17-16(19-21)13-6-2-1-5-12(13)11-18-14-8-10-20-9-4-3-7-15(14)20/h1-2,5-6,14-15,18,21H,3-4,7-11H2,(H2,17,19). The molecule has 4 N–H and O–H groups in total. The molecule has 2 heterocycles. The lowest BCUT2D eigenvalue weighted by Gasteiger charge is -2.32. The maximum absolute atomic E-state index is 8.88. The van der Waals surface area contributed by atoms with Crippen LogP contribution in [0.2, 0.25) is 0 Å². The highest BCUT2D eigenvalue weighted by atomic mass is 16.4. The van der Waals surface area contributed by atoms with Gasteiger partial charge in [0.2, 0.25) is 0 Å². The molecule has 2 aliphatic rings. The van der Waals surface area contributed by atoms with E-state index in [2.05, 4.69) is 15.4 Å². The Kier molecular flexibility index (Phi) is 4.41. The zero-order valence-corrected chi connectivity index (χ0v) is 12.3. The fourth-order valence-corrected chi connectivity index (χ4v) is 3.70. The summed E-state index contributed by atoms with van der Waals surface area (Å²) in [7, 11) is 0. The first kappa shape index (κ1) is 14.4. The van der Waals surface area contributed by atoms with Gasteiger partial charge >= 0.3 is 0 Å². The van der Waals surface area contributed by atoms with E-state index in [0.29, 0.717) is 12.1 Å². The molecule has 0 aromatic heterocycles. The molecule has 0 amide bonds. The van der Waals surface area contributed by atoms with Crippen molar-refractivity contribution in [1.82, 2.24) is 10.2 Å². The highest BCUT2D eigenvalue weighted by Crippen LogP contribution is 2.27. The van der Waals surface area contributed by atoms with Crippen LogP contribution in [0.15, 0.2) is 29.4 Å². The fourth-order valence-electron chi connectivity index (χ4n) is 3.70. The maximum Gasteiger partial charge on any atom is 0.170 e. The Hall–Kier alpha value is -1.59. The zero-order chi connectivity index (χ0) is 14.7. The quantitative estimate of drug-likeness (QED) is 0.340. The molecule has 2 aliphatic heterocycles. The molecule has 114 valence electrons. The predicted octanol–water partition coefficient (Wildman–Crippen LogP) is 1.50. The summed E-state index contributed by atoms with van der Waals surface area (Å²) in [5.74, 6) is 0.179. The molecule has 2 unspecified atom stereocenters. The smallest absolute Gasteiger partial charge is 0.170 e. The first-order chi connectivity index (χ1) is 10.3. The van der Waals surface area contributed by atoms with Crippen molar-refractivity contribution in [3.05, 3.63) is 35.4 Å². The normalized spacial score (nSPS) is 26.8.